The van der Waals surface area contributed by atoms with Gasteiger partial charge in [0.05, 0.1) is 5.70 Å². The predicted octanol–water partition coefficient (Wildman–Crippen LogP) is 1.07. The van der Waals surface area contributed by atoms with Crippen LogP contribution in [0.4, 0.5) is 0 Å². The number of hydrogen-bond acceptors (Lipinski definition) is 7. The number of dihydropyridines is 1. The summed E-state index contributed by atoms with van der Waals surface area (Å²) in [5.74, 6) is 7.43. The van der Waals surface area contributed by atoms with E-state index in [1.807, 2.05) is 11.2 Å². The quantitative estimate of drug-likeness (QED) is 0.337. The zero-order valence-electron chi connectivity index (χ0n) is 15.3. The third-order valence-electron chi connectivity index (χ3n) is 5.59. The molecule has 0 radical (unpaired) electrons. The van der Waals surface area contributed by atoms with Gasteiger partial charge in [-0.2, -0.15) is 0 Å². The number of nitrogens with zero attached hydrogens (tertiary/aromatic N) is 2. The molecule has 3 unspecified atom stereocenters. The van der Waals surface area contributed by atoms with E-state index in [0.29, 0.717) is 6.54 Å². The van der Waals surface area contributed by atoms with Crippen molar-refractivity contribution >= 4 is 0 Å². The van der Waals surface area contributed by atoms with Crippen LogP contribution < -0.4 is 21.9 Å². The van der Waals surface area contributed by atoms with Gasteiger partial charge in [0.2, 0.25) is 0 Å². The van der Waals surface area contributed by atoms with E-state index in [-0.39, 0.29) is 18.4 Å². The fourth-order valence-electron chi connectivity index (χ4n) is 4.12. The summed E-state index contributed by atoms with van der Waals surface area (Å²) in [6.45, 7) is 1.54. The van der Waals surface area contributed by atoms with Crippen LogP contribution in [0.3, 0.4) is 0 Å². The molecule has 0 saturated carbocycles. The summed E-state index contributed by atoms with van der Waals surface area (Å²) in [5, 5.41) is 10.6. The maximum absolute atomic E-state index is 6.37. The maximum atomic E-state index is 6.37. The Balaban J connectivity index is 1.25. The first-order valence-corrected chi connectivity index (χ1v) is 9.63. The number of hydrazine groups is 2. The first-order chi connectivity index (χ1) is 13.3. The van der Waals surface area contributed by atoms with E-state index >= 15 is 0 Å². The topological polar surface area (TPSA) is 77.8 Å². The molecular formula is C20H26N6O. The molecule has 5 aliphatic rings. The van der Waals surface area contributed by atoms with Crippen LogP contribution in [0.25, 0.3) is 0 Å². The van der Waals surface area contributed by atoms with Gasteiger partial charge in [0.1, 0.15) is 24.2 Å². The van der Waals surface area contributed by atoms with Crippen molar-refractivity contribution in [1.29, 1.82) is 0 Å². The Bertz CT molecular complexity index is 792. The monoisotopic (exact) mass is 366 g/mol. The Morgan fingerprint density at radius 2 is 2.26 bits per heavy atom. The largest absolute Gasteiger partial charge is 0.484 e. The Labute approximate surface area is 159 Å². The number of rotatable bonds is 4. The third kappa shape index (κ3) is 3.18. The highest BCUT2D eigenvalue weighted by molar-refractivity contribution is 5.33. The fraction of sp³-hybridized carbons (Fsp3) is 0.400. The number of nitrogens with two attached hydrogens (primary N) is 1. The van der Waals surface area contributed by atoms with Gasteiger partial charge in [-0.25, -0.2) is 10.4 Å². The lowest BCUT2D eigenvalue weighted by atomic mass is 10.00. The zero-order chi connectivity index (χ0) is 18.2. The molecule has 4 heterocycles. The van der Waals surface area contributed by atoms with Crippen LogP contribution in [-0.4, -0.2) is 41.5 Å². The highest BCUT2D eigenvalue weighted by Crippen LogP contribution is 2.37. The van der Waals surface area contributed by atoms with Gasteiger partial charge in [-0.3, -0.25) is 10.9 Å². The molecule has 5 N–H and O–H groups in total. The number of hydrogen-bond donors (Lipinski definition) is 4. The van der Waals surface area contributed by atoms with E-state index in [0.717, 1.165) is 37.3 Å². The van der Waals surface area contributed by atoms with Crippen molar-refractivity contribution in [2.45, 2.75) is 37.7 Å². The number of allylic oxidation sites excluding steroid dienone is 2. The lowest BCUT2D eigenvalue weighted by molar-refractivity contribution is 0.0633. The van der Waals surface area contributed by atoms with Gasteiger partial charge in [-0.05, 0) is 48.4 Å². The Morgan fingerprint density at radius 3 is 3.11 bits per heavy atom. The number of fused-ring (bicyclic) bond motifs is 1. The van der Waals surface area contributed by atoms with Gasteiger partial charge < -0.3 is 15.4 Å². The van der Waals surface area contributed by atoms with E-state index in [9.17, 15) is 0 Å². The predicted molar refractivity (Wildman–Crippen MR) is 104 cm³/mol. The minimum atomic E-state index is -0.0716. The fourth-order valence-corrected chi connectivity index (χ4v) is 4.12. The van der Waals surface area contributed by atoms with Crippen LogP contribution in [0.1, 0.15) is 19.3 Å². The standard InChI is InChI=1S/C20H26N6O/c21-25(13-14-7-9-22-10-8-14)20-6-5-19-23-12-16(26(19)24-20)18-11-15-3-1-2-4-17(15)27-18/h2,4-9,12,18-20,22-24H,1,3,10-11,13,21H2. The number of ether oxygens (including phenoxy) is 1. The van der Waals surface area contributed by atoms with Crippen molar-refractivity contribution < 1.29 is 4.74 Å². The summed E-state index contributed by atoms with van der Waals surface area (Å²) in [4.78, 5) is 0. The molecule has 0 amide bonds. The maximum Gasteiger partial charge on any atom is 0.145 e. The van der Waals surface area contributed by atoms with Crippen molar-refractivity contribution in [1.82, 2.24) is 26.1 Å². The van der Waals surface area contributed by atoms with Gasteiger partial charge >= 0.3 is 0 Å². The first kappa shape index (κ1) is 16.7. The van der Waals surface area contributed by atoms with E-state index in [1.165, 1.54) is 11.1 Å². The van der Waals surface area contributed by atoms with E-state index in [1.54, 1.807) is 0 Å². The third-order valence-corrected chi connectivity index (χ3v) is 5.59. The molecule has 0 bridgehead atoms. The van der Waals surface area contributed by atoms with Gasteiger partial charge in [0, 0.05) is 25.7 Å². The second-order valence-corrected chi connectivity index (χ2v) is 7.42. The highest BCUT2D eigenvalue weighted by Gasteiger charge is 2.38. The second kappa shape index (κ2) is 6.92. The SMILES string of the molecule is NN(CC1=CCNC=C1)C1C=CC2NC=C(C3CC4=C(C=CCC4)O3)N2N1. The molecule has 27 heavy (non-hydrogen) atoms. The van der Waals surface area contributed by atoms with E-state index in [2.05, 4.69) is 63.7 Å². The molecule has 3 atom stereocenters. The van der Waals surface area contributed by atoms with Crippen LogP contribution in [0, 0.1) is 0 Å². The van der Waals surface area contributed by atoms with Gasteiger partial charge in [0.25, 0.3) is 0 Å². The molecule has 0 aromatic carbocycles. The zero-order valence-corrected chi connectivity index (χ0v) is 15.3. The Kier molecular flexibility index (Phi) is 4.27. The first-order valence-electron chi connectivity index (χ1n) is 9.63. The molecule has 7 heteroatoms. The molecule has 142 valence electrons. The minimum absolute atomic E-state index is 0.0520. The van der Waals surface area contributed by atoms with Crippen molar-refractivity contribution in [2.75, 3.05) is 13.1 Å². The molecule has 0 aromatic heterocycles. The molecule has 5 rings (SSSR count). The normalized spacial score (nSPS) is 31.2. The second-order valence-electron chi connectivity index (χ2n) is 7.42. The average Bonchev–Trinajstić information content (AvgIpc) is 3.31. The lowest BCUT2D eigenvalue weighted by Gasteiger charge is -2.39. The lowest BCUT2D eigenvalue weighted by Crippen LogP contribution is -2.60. The van der Waals surface area contributed by atoms with Gasteiger partial charge in [0.15, 0.2) is 0 Å². The Morgan fingerprint density at radius 1 is 1.30 bits per heavy atom. The molecule has 0 spiro atoms. The molecule has 4 aliphatic heterocycles. The molecule has 0 aromatic rings. The summed E-state index contributed by atoms with van der Waals surface area (Å²) in [6, 6.07) is 0. The van der Waals surface area contributed by atoms with Gasteiger partial charge in [-0.1, -0.05) is 18.2 Å². The van der Waals surface area contributed by atoms with Crippen LogP contribution in [0.5, 0.6) is 0 Å². The van der Waals surface area contributed by atoms with Crippen LogP contribution >= 0.6 is 0 Å². The van der Waals surface area contributed by atoms with Crippen molar-refractivity contribution in [3.8, 4) is 0 Å². The van der Waals surface area contributed by atoms with Crippen molar-refractivity contribution in [3.05, 3.63) is 71.5 Å². The summed E-state index contributed by atoms with van der Waals surface area (Å²) in [5.41, 5.74) is 7.32. The molecule has 1 aliphatic carbocycles. The molecule has 0 saturated heterocycles. The van der Waals surface area contributed by atoms with Crippen molar-refractivity contribution in [3.63, 3.8) is 0 Å². The summed E-state index contributed by atoms with van der Waals surface area (Å²) in [6.07, 6.45) is 20.1. The highest BCUT2D eigenvalue weighted by atomic mass is 16.5. The molecule has 7 nitrogen and oxygen atoms in total. The summed E-state index contributed by atoms with van der Waals surface area (Å²) in [7, 11) is 0. The van der Waals surface area contributed by atoms with Crippen LogP contribution in [-0.2, 0) is 4.74 Å². The minimum Gasteiger partial charge on any atom is -0.484 e. The average molecular weight is 366 g/mol. The Hall–Kier alpha value is -2.48. The smallest absolute Gasteiger partial charge is 0.145 e. The van der Waals surface area contributed by atoms with Crippen LogP contribution in [0.2, 0.25) is 0 Å². The van der Waals surface area contributed by atoms with E-state index in [4.69, 9.17) is 10.6 Å². The number of nitrogens with one attached hydrogen (secondary N) is 3. The van der Waals surface area contributed by atoms with Gasteiger partial charge in [-0.15, -0.1) is 0 Å². The summed E-state index contributed by atoms with van der Waals surface area (Å²) < 4.78 is 6.22. The van der Waals surface area contributed by atoms with Crippen LogP contribution in [0.15, 0.2) is 71.5 Å². The summed E-state index contributed by atoms with van der Waals surface area (Å²) >= 11 is 0. The molecule has 0 fully saturated rings. The molecular weight excluding hydrogens is 340 g/mol. The van der Waals surface area contributed by atoms with E-state index < -0.39 is 0 Å². The van der Waals surface area contributed by atoms with Crippen molar-refractivity contribution in [2.24, 2.45) is 5.84 Å².